The molecular formula is C14H28N2O2. The highest BCUT2D eigenvalue weighted by Gasteiger charge is 2.40. The molecule has 1 fully saturated rings. The van der Waals surface area contributed by atoms with Gasteiger partial charge in [-0.2, -0.15) is 0 Å². The summed E-state index contributed by atoms with van der Waals surface area (Å²) in [6, 6.07) is -0.105. The predicted molar refractivity (Wildman–Crippen MR) is 73.3 cm³/mol. The van der Waals surface area contributed by atoms with Crippen molar-refractivity contribution in [2.45, 2.75) is 52.5 Å². The third-order valence-electron chi connectivity index (χ3n) is 3.77. The Kier molecular flexibility index (Phi) is 6.09. The summed E-state index contributed by atoms with van der Waals surface area (Å²) in [5.74, 6) is 0.598. The lowest BCUT2D eigenvalue weighted by Crippen LogP contribution is -2.48. The van der Waals surface area contributed by atoms with Crippen molar-refractivity contribution >= 4 is 5.91 Å². The molecule has 1 amide bonds. The number of aliphatic hydroxyl groups excluding tert-OH is 1. The maximum absolute atomic E-state index is 12.4. The van der Waals surface area contributed by atoms with Gasteiger partial charge in [-0.1, -0.05) is 27.2 Å². The lowest BCUT2D eigenvalue weighted by molar-refractivity contribution is -0.131. The van der Waals surface area contributed by atoms with Crippen LogP contribution < -0.4 is 10.6 Å². The highest BCUT2D eigenvalue weighted by Crippen LogP contribution is 2.31. The average molecular weight is 256 g/mol. The van der Waals surface area contributed by atoms with Crippen LogP contribution in [-0.4, -0.2) is 36.8 Å². The molecule has 1 saturated heterocycles. The van der Waals surface area contributed by atoms with Crippen molar-refractivity contribution in [3.8, 4) is 0 Å². The fraction of sp³-hybridized carbons (Fsp3) is 0.929. The average Bonchev–Trinajstić information content (AvgIpc) is 2.78. The van der Waals surface area contributed by atoms with E-state index in [-0.39, 0.29) is 24.0 Å². The fourth-order valence-corrected chi connectivity index (χ4v) is 2.83. The molecule has 2 atom stereocenters. The molecule has 2 unspecified atom stereocenters. The van der Waals surface area contributed by atoms with E-state index in [4.69, 9.17) is 0 Å². The van der Waals surface area contributed by atoms with Gasteiger partial charge in [0, 0.05) is 6.54 Å². The Balaban J connectivity index is 2.60. The van der Waals surface area contributed by atoms with Gasteiger partial charge in [-0.25, -0.2) is 0 Å². The molecule has 18 heavy (non-hydrogen) atoms. The number of hydrogen-bond donors (Lipinski definition) is 3. The van der Waals surface area contributed by atoms with E-state index in [9.17, 15) is 9.90 Å². The van der Waals surface area contributed by atoms with Crippen LogP contribution in [0, 0.1) is 11.3 Å². The van der Waals surface area contributed by atoms with Crippen molar-refractivity contribution in [2.24, 2.45) is 11.3 Å². The minimum atomic E-state index is -0.251. The van der Waals surface area contributed by atoms with Gasteiger partial charge in [0.15, 0.2) is 0 Å². The fourth-order valence-electron chi connectivity index (χ4n) is 2.83. The van der Waals surface area contributed by atoms with E-state index in [1.54, 1.807) is 0 Å². The van der Waals surface area contributed by atoms with Crippen molar-refractivity contribution in [3.05, 3.63) is 0 Å². The van der Waals surface area contributed by atoms with Crippen LogP contribution >= 0.6 is 0 Å². The quantitative estimate of drug-likeness (QED) is 0.643. The molecule has 0 aromatic carbocycles. The van der Waals surface area contributed by atoms with Gasteiger partial charge in [0.25, 0.3) is 0 Å². The van der Waals surface area contributed by atoms with Crippen molar-refractivity contribution < 1.29 is 9.90 Å². The summed E-state index contributed by atoms with van der Waals surface area (Å²) in [5.41, 5.74) is -0.251. The Morgan fingerprint density at radius 3 is 2.67 bits per heavy atom. The summed E-state index contributed by atoms with van der Waals surface area (Å²) < 4.78 is 0. The number of amides is 1. The number of hydrogen-bond acceptors (Lipinski definition) is 3. The van der Waals surface area contributed by atoms with Crippen LogP contribution in [-0.2, 0) is 4.79 Å². The third-order valence-corrected chi connectivity index (χ3v) is 3.77. The zero-order chi connectivity index (χ0) is 13.6. The van der Waals surface area contributed by atoms with E-state index in [0.717, 1.165) is 38.8 Å². The van der Waals surface area contributed by atoms with E-state index in [1.807, 2.05) is 0 Å². The molecule has 0 spiro atoms. The standard InChI is InChI=1S/C14H28N2O2/c1-4-5-14(6-7-15-10-14)13(18)16-12(9-17)8-11(2)3/h11-12,15,17H,4-10H2,1-3H3,(H,16,18). The number of rotatable bonds is 7. The smallest absolute Gasteiger partial charge is 0.227 e. The molecule has 0 radical (unpaired) electrons. The van der Waals surface area contributed by atoms with Crippen LogP contribution in [0.2, 0.25) is 0 Å². The number of nitrogens with one attached hydrogen (secondary N) is 2. The van der Waals surface area contributed by atoms with Gasteiger partial charge in [0.05, 0.1) is 18.1 Å². The third kappa shape index (κ3) is 3.95. The molecule has 1 aliphatic heterocycles. The van der Waals surface area contributed by atoms with E-state index >= 15 is 0 Å². The second kappa shape index (κ2) is 7.10. The first kappa shape index (κ1) is 15.4. The Bertz CT molecular complexity index is 261. The summed E-state index contributed by atoms with van der Waals surface area (Å²) in [6.07, 6.45) is 3.68. The Hall–Kier alpha value is -0.610. The molecule has 0 aromatic heterocycles. The number of carbonyl (C=O) groups excluding carboxylic acids is 1. The second-order valence-electron chi connectivity index (χ2n) is 5.94. The first-order valence-corrected chi connectivity index (χ1v) is 7.16. The Morgan fingerprint density at radius 1 is 1.50 bits per heavy atom. The monoisotopic (exact) mass is 256 g/mol. The lowest BCUT2D eigenvalue weighted by Gasteiger charge is -2.29. The van der Waals surface area contributed by atoms with E-state index in [1.165, 1.54) is 0 Å². The highest BCUT2D eigenvalue weighted by atomic mass is 16.3. The predicted octanol–water partition coefficient (Wildman–Crippen LogP) is 1.29. The molecule has 4 nitrogen and oxygen atoms in total. The number of carbonyl (C=O) groups is 1. The molecule has 1 aliphatic rings. The van der Waals surface area contributed by atoms with Crippen molar-refractivity contribution in [1.29, 1.82) is 0 Å². The summed E-state index contributed by atoms with van der Waals surface area (Å²) >= 11 is 0. The van der Waals surface area contributed by atoms with E-state index < -0.39 is 0 Å². The van der Waals surface area contributed by atoms with Gasteiger partial charge >= 0.3 is 0 Å². The van der Waals surface area contributed by atoms with Crippen LogP contribution in [0.15, 0.2) is 0 Å². The van der Waals surface area contributed by atoms with E-state index in [0.29, 0.717) is 5.92 Å². The minimum Gasteiger partial charge on any atom is -0.394 e. The van der Waals surface area contributed by atoms with Crippen molar-refractivity contribution in [1.82, 2.24) is 10.6 Å². The SMILES string of the molecule is CCCC1(C(=O)NC(CO)CC(C)C)CCNC1. The number of aliphatic hydroxyl groups is 1. The Labute approximate surface area is 111 Å². The molecule has 0 aliphatic carbocycles. The molecule has 0 aromatic rings. The maximum atomic E-state index is 12.4. The zero-order valence-corrected chi connectivity index (χ0v) is 12.0. The second-order valence-corrected chi connectivity index (χ2v) is 5.94. The molecule has 4 heteroatoms. The molecule has 106 valence electrons. The molecule has 3 N–H and O–H groups in total. The highest BCUT2D eigenvalue weighted by molar-refractivity contribution is 5.83. The molecule has 1 heterocycles. The van der Waals surface area contributed by atoms with Crippen LogP contribution in [0.25, 0.3) is 0 Å². The van der Waals surface area contributed by atoms with Gasteiger partial charge in [0.1, 0.15) is 0 Å². The summed E-state index contributed by atoms with van der Waals surface area (Å²) in [4.78, 5) is 12.4. The Morgan fingerprint density at radius 2 is 2.22 bits per heavy atom. The lowest BCUT2D eigenvalue weighted by atomic mass is 9.81. The van der Waals surface area contributed by atoms with Crippen LogP contribution in [0.1, 0.15) is 46.5 Å². The zero-order valence-electron chi connectivity index (χ0n) is 12.0. The largest absolute Gasteiger partial charge is 0.394 e. The maximum Gasteiger partial charge on any atom is 0.227 e. The molecule has 0 bridgehead atoms. The van der Waals surface area contributed by atoms with Gasteiger partial charge in [0.2, 0.25) is 5.91 Å². The normalized spacial score (nSPS) is 25.4. The molecule has 1 rings (SSSR count). The van der Waals surface area contributed by atoms with Crippen molar-refractivity contribution in [2.75, 3.05) is 19.7 Å². The topological polar surface area (TPSA) is 61.4 Å². The van der Waals surface area contributed by atoms with Crippen molar-refractivity contribution in [3.63, 3.8) is 0 Å². The minimum absolute atomic E-state index is 0.0273. The van der Waals surface area contributed by atoms with Gasteiger partial charge < -0.3 is 15.7 Å². The van der Waals surface area contributed by atoms with E-state index in [2.05, 4.69) is 31.4 Å². The summed E-state index contributed by atoms with van der Waals surface area (Å²) in [6.45, 7) is 8.04. The summed E-state index contributed by atoms with van der Waals surface area (Å²) in [7, 11) is 0. The first-order valence-electron chi connectivity index (χ1n) is 7.16. The molecule has 0 saturated carbocycles. The first-order chi connectivity index (χ1) is 8.54. The van der Waals surface area contributed by atoms with Gasteiger partial charge in [-0.05, 0) is 31.7 Å². The van der Waals surface area contributed by atoms with Crippen LogP contribution in [0.5, 0.6) is 0 Å². The van der Waals surface area contributed by atoms with Gasteiger partial charge in [-0.3, -0.25) is 4.79 Å². The molecular weight excluding hydrogens is 228 g/mol. The summed E-state index contributed by atoms with van der Waals surface area (Å²) in [5, 5.41) is 15.7. The van der Waals surface area contributed by atoms with Crippen LogP contribution in [0.3, 0.4) is 0 Å². The van der Waals surface area contributed by atoms with Crippen LogP contribution in [0.4, 0.5) is 0 Å². The van der Waals surface area contributed by atoms with Gasteiger partial charge in [-0.15, -0.1) is 0 Å².